The van der Waals surface area contributed by atoms with Crippen LogP contribution in [0.4, 0.5) is 11.6 Å². The van der Waals surface area contributed by atoms with Gasteiger partial charge in [0, 0.05) is 17.7 Å². The van der Waals surface area contributed by atoms with Crippen LogP contribution in [0.2, 0.25) is 0 Å². The lowest BCUT2D eigenvalue weighted by molar-refractivity contribution is -0.385. The molecule has 3 aromatic rings. The number of phenols is 2. The number of benzene rings is 2. The molecule has 0 aliphatic rings. The second-order valence-corrected chi connectivity index (χ2v) is 4.63. The third-order valence-corrected chi connectivity index (χ3v) is 3.08. The summed E-state index contributed by atoms with van der Waals surface area (Å²) < 4.78 is 0. The Morgan fingerprint density at radius 1 is 1.26 bits per heavy atom. The van der Waals surface area contributed by atoms with Crippen molar-refractivity contribution in [3.05, 3.63) is 52.1 Å². The second-order valence-electron chi connectivity index (χ2n) is 4.63. The number of anilines is 1. The van der Waals surface area contributed by atoms with Gasteiger partial charge < -0.3 is 15.2 Å². The van der Waals surface area contributed by atoms with Crippen molar-refractivity contribution in [2.45, 2.75) is 0 Å². The summed E-state index contributed by atoms with van der Waals surface area (Å²) in [4.78, 5) is 17.2. The normalized spacial score (nSPS) is 11.1. The van der Waals surface area contributed by atoms with Crippen LogP contribution >= 0.6 is 0 Å². The van der Waals surface area contributed by atoms with E-state index in [1.54, 1.807) is 0 Å². The summed E-state index contributed by atoms with van der Waals surface area (Å²) in [5, 5.41) is 33.7. The fraction of sp³-hybridized carbons (Fsp3) is 0. The van der Waals surface area contributed by atoms with Crippen LogP contribution in [-0.4, -0.2) is 31.3 Å². The number of phenolic OH excluding ortho intramolecular Hbond substituents is 2. The smallest absolute Gasteiger partial charge is 0.311 e. The Balaban J connectivity index is 1.82. The van der Waals surface area contributed by atoms with Crippen LogP contribution < -0.4 is 5.43 Å². The molecule has 0 fully saturated rings. The number of para-hydroxylation sites is 2. The van der Waals surface area contributed by atoms with E-state index in [2.05, 4.69) is 20.5 Å². The molecule has 1 aromatic heterocycles. The molecule has 9 nitrogen and oxygen atoms in total. The number of rotatable bonds is 4. The van der Waals surface area contributed by atoms with Gasteiger partial charge in [0.2, 0.25) is 5.95 Å². The molecular weight excluding hydrogens is 302 g/mol. The number of nitro benzene ring substituents is 1. The molecule has 23 heavy (non-hydrogen) atoms. The van der Waals surface area contributed by atoms with Gasteiger partial charge in [-0.3, -0.25) is 10.1 Å². The largest absolute Gasteiger partial charge is 0.507 e. The summed E-state index contributed by atoms with van der Waals surface area (Å²) in [5.74, 6) is -0.562. The van der Waals surface area contributed by atoms with Gasteiger partial charge in [-0.15, -0.1) is 0 Å². The average Bonchev–Trinajstić information content (AvgIpc) is 2.91. The van der Waals surface area contributed by atoms with Crippen molar-refractivity contribution in [3.63, 3.8) is 0 Å². The predicted octanol–water partition coefficient (Wildman–Crippen LogP) is 2.33. The van der Waals surface area contributed by atoms with Gasteiger partial charge in [0.15, 0.2) is 5.75 Å². The molecule has 2 aromatic carbocycles. The Labute approximate surface area is 129 Å². The lowest BCUT2D eigenvalue weighted by Crippen LogP contribution is -1.95. The van der Waals surface area contributed by atoms with Crippen LogP contribution in [0.3, 0.4) is 0 Å². The van der Waals surface area contributed by atoms with Crippen LogP contribution in [0.5, 0.6) is 11.5 Å². The summed E-state index contributed by atoms with van der Waals surface area (Å²) in [7, 11) is 0. The van der Waals surface area contributed by atoms with Crippen molar-refractivity contribution < 1.29 is 15.1 Å². The highest BCUT2D eigenvalue weighted by atomic mass is 16.6. The van der Waals surface area contributed by atoms with Gasteiger partial charge in [0.05, 0.1) is 22.2 Å². The number of aromatic hydroxyl groups is 2. The number of aromatic amines is 1. The lowest BCUT2D eigenvalue weighted by Gasteiger charge is -2.01. The topological polar surface area (TPSA) is 137 Å². The maximum atomic E-state index is 10.8. The van der Waals surface area contributed by atoms with E-state index in [4.69, 9.17) is 0 Å². The van der Waals surface area contributed by atoms with Gasteiger partial charge in [-0.05, 0) is 12.1 Å². The number of hydrogen-bond donors (Lipinski definition) is 4. The molecule has 0 aliphatic heterocycles. The molecule has 9 heteroatoms. The maximum Gasteiger partial charge on any atom is 0.311 e. The Bertz CT molecular complexity index is 886. The van der Waals surface area contributed by atoms with Crippen molar-refractivity contribution in [2.24, 2.45) is 5.10 Å². The third-order valence-electron chi connectivity index (χ3n) is 3.08. The molecule has 0 radical (unpaired) electrons. The number of hydrogen-bond acceptors (Lipinski definition) is 7. The van der Waals surface area contributed by atoms with Crippen molar-refractivity contribution in [1.82, 2.24) is 9.97 Å². The number of fused-ring (bicyclic) bond motifs is 1. The Morgan fingerprint density at radius 2 is 2.04 bits per heavy atom. The molecule has 4 N–H and O–H groups in total. The fourth-order valence-corrected chi connectivity index (χ4v) is 2.00. The van der Waals surface area contributed by atoms with Crippen LogP contribution in [0.25, 0.3) is 11.0 Å². The fourth-order valence-electron chi connectivity index (χ4n) is 2.00. The van der Waals surface area contributed by atoms with E-state index in [9.17, 15) is 20.3 Å². The van der Waals surface area contributed by atoms with E-state index in [0.717, 1.165) is 23.2 Å². The van der Waals surface area contributed by atoms with Gasteiger partial charge in [-0.2, -0.15) is 5.10 Å². The van der Waals surface area contributed by atoms with E-state index < -0.39 is 16.4 Å². The lowest BCUT2D eigenvalue weighted by atomic mass is 10.2. The molecule has 0 saturated heterocycles. The first-order chi connectivity index (χ1) is 11.0. The molecule has 0 bridgehead atoms. The minimum absolute atomic E-state index is 0.0816. The number of imidazole rings is 1. The molecule has 0 aliphatic carbocycles. The number of nitro groups is 1. The molecular formula is C14H11N5O4. The maximum absolute atomic E-state index is 10.8. The Hall–Kier alpha value is -3.62. The van der Waals surface area contributed by atoms with Crippen LogP contribution in [0.15, 0.2) is 41.5 Å². The molecule has 0 saturated carbocycles. The van der Waals surface area contributed by atoms with Crippen LogP contribution in [-0.2, 0) is 0 Å². The van der Waals surface area contributed by atoms with Gasteiger partial charge in [0.1, 0.15) is 5.75 Å². The van der Waals surface area contributed by atoms with Crippen molar-refractivity contribution in [1.29, 1.82) is 0 Å². The highest BCUT2D eigenvalue weighted by Crippen LogP contribution is 2.31. The summed E-state index contributed by atoms with van der Waals surface area (Å²) in [5.41, 5.74) is 3.78. The quantitative estimate of drug-likeness (QED) is 0.331. The van der Waals surface area contributed by atoms with Crippen molar-refractivity contribution >= 4 is 28.9 Å². The van der Waals surface area contributed by atoms with Gasteiger partial charge in [0.25, 0.3) is 0 Å². The van der Waals surface area contributed by atoms with Gasteiger partial charge in [-0.1, -0.05) is 12.1 Å². The minimum Gasteiger partial charge on any atom is -0.507 e. The SMILES string of the molecule is O=[N+]([O-])c1cc(/C=N\Nc2nc3ccccc3[nH]2)c(O)cc1O. The second kappa shape index (κ2) is 5.64. The average molecular weight is 313 g/mol. The molecule has 1 heterocycles. The molecule has 3 rings (SSSR count). The predicted molar refractivity (Wildman–Crippen MR) is 83.7 cm³/mol. The summed E-state index contributed by atoms with van der Waals surface area (Å²) >= 11 is 0. The summed E-state index contributed by atoms with van der Waals surface area (Å²) in [6, 6.07) is 9.31. The van der Waals surface area contributed by atoms with Crippen molar-refractivity contribution in [3.8, 4) is 11.5 Å². The first-order valence-corrected chi connectivity index (χ1v) is 6.49. The Kier molecular flexibility index (Phi) is 3.51. The zero-order valence-electron chi connectivity index (χ0n) is 11.6. The highest BCUT2D eigenvalue weighted by Gasteiger charge is 2.16. The summed E-state index contributed by atoms with van der Waals surface area (Å²) in [6.45, 7) is 0. The first kappa shape index (κ1) is 14.3. The van der Waals surface area contributed by atoms with E-state index in [0.29, 0.717) is 5.95 Å². The van der Waals surface area contributed by atoms with E-state index >= 15 is 0 Å². The highest BCUT2D eigenvalue weighted by molar-refractivity contribution is 5.86. The monoisotopic (exact) mass is 313 g/mol. The molecule has 0 amide bonds. The van der Waals surface area contributed by atoms with E-state index in [1.807, 2.05) is 24.3 Å². The van der Waals surface area contributed by atoms with Gasteiger partial charge >= 0.3 is 5.69 Å². The van der Waals surface area contributed by atoms with Crippen molar-refractivity contribution in [2.75, 3.05) is 5.43 Å². The number of nitrogens with zero attached hydrogens (tertiary/aromatic N) is 3. The number of aromatic nitrogens is 2. The summed E-state index contributed by atoms with van der Waals surface area (Å²) in [6.07, 6.45) is 1.19. The number of nitrogens with one attached hydrogen (secondary N) is 2. The first-order valence-electron chi connectivity index (χ1n) is 6.49. The third kappa shape index (κ3) is 2.88. The van der Waals surface area contributed by atoms with Crippen LogP contribution in [0.1, 0.15) is 5.56 Å². The molecule has 0 atom stereocenters. The zero-order valence-corrected chi connectivity index (χ0v) is 11.6. The van der Waals surface area contributed by atoms with E-state index in [-0.39, 0.29) is 11.3 Å². The molecule has 0 unspecified atom stereocenters. The Morgan fingerprint density at radius 3 is 2.78 bits per heavy atom. The standard InChI is InChI=1S/C14H11N5O4/c20-12-6-13(21)11(19(22)23)5-8(12)7-15-18-14-16-9-3-1-2-4-10(9)17-14/h1-7,20-21H,(H2,16,17,18)/b15-7-. The van der Waals surface area contributed by atoms with Crippen LogP contribution in [0, 0.1) is 10.1 Å². The zero-order chi connectivity index (χ0) is 16.4. The van der Waals surface area contributed by atoms with Gasteiger partial charge in [-0.25, -0.2) is 10.4 Å². The molecule has 116 valence electrons. The minimum atomic E-state index is -0.751. The number of hydrazone groups is 1. The number of H-pyrrole nitrogens is 1. The van der Waals surface area contributed by atoms with E-state index in [1.165, 1.54) is 6.21 Å². The molecule has 0 spiro atoms.